The second-order valence-electron chi connectivity index (χ2n) is 3.89. The molecule has 1 nitrogen and oxygen atoms in total. The molecule has 0 fully saturated rings. The van der Waals surface area contributed by atoms with E-state index in [1.54, 1.807) is 0 Å². The average molecular weight is 284 g/mol. The number of nitrogens with zero attached hydrogens (tertiary/aromatic N) is 1. The van der Waals surface area contributed by atoms with Crippen LogP contribution in [0.3, 0.4) is 0 Å². The van der Waals surface area contributed by atoms with Crippen molar-refractivity contribution in [1.82, 2.24) is 4.98 Å². The van der Waals surface area contributed by atoms with Crippen molar-refractivity contribution < 1.29 is 0 Å². The Balaban J connectivity index is 2.31. The Labute approximate surface area is 108 Å². The number of benzene rings is 2. The number of rotatable bonds is 1. The van der Waals surface area contributed by atoms with Gasteiger partial charge in [-0.2, -0.15) is 0 Å². The number of hydrogen-bond acceptors (Lipinski definition) is 1. The third-order valence-corrected chi connectivity index (χ3v) is 3.28. The highest BCUT2D eigenvalue weighted by Gasteiger charge is 2.03. The summed E-state index contributed by atoms with van der Waals surface area (Å²) in [5, 5.41) is 1.18. The molecule has 0 spiro atoms. The van der Waals surface area contributed by atoms with Gasteiger partial charge >= 0.3 is 0 Å². The first kappa shape index (κ1) is 10.5. The van der Waals surface area contributed by atoms with Gasteiger partial charge in [0.2, 0.25) is 0 Å². The monoisotopic (exact) mass is 283 g/mol. The maximum Gasteiger partial charge on any atom is 0.0719 e. The van der Waals surface area contributed by atoms with Crippen LogP contribution >= 0.6 is 15.9 Å². The molecule has 0 aliphatic rings. The van der Waals surface area contributed by atoms with E-state index in [0.29, 0.717) is 0 Å². The normalized spacial score (nSPS) is 10.6. The van der Waals surface area contributed by atoms with Crippen LogP contribution in [-0.4, -0.2) is 4.98 Å². The smallest absolute Gasteiger partial charge is 0.0719 e. The highest BCUT2D eigenvalue weighted by atomic mass is 79.9. The molecule has 0 atom stereocenters. The van der Waals surface area contributed by atoms with E-state index in [0.717, 1.165) is 9.99 Å². The van der Waals surface area contributed by atoms with E-state index in [4.69, 9.17) is 0 Å². The van der Waals surface area contributed by atoms with Crippen molar-refractivity contribution in [2.45, 2.75) is 0 Å². The van der Waals surface area contributed by atoms with Gasteiger partial charge < -0.3 is 0 Å². The summed E-state index contributed by atoms with van der Waals surface area (Å²) in [6.07, 6.45) is 1.86. The zero-order valence-electron chi connectivity index (χ0n) is 9.10. The van der Waals surface area contributed by atoms with Crippen LogP contribution < -0.4 is 0 Å². The predicted octanol–water partition coefficient (Wildman–Crippen LogP) is 4.66. The van der Waals surface area contributed by atoms with Crippen LogP contribution in [0.25, 0.3) is 22.0 Å². The molecule has 0 radical (unpaired) electrons. The van der Waals surface area contributed by atoms with Gasteiger partial charge in [-0.3, -0.25) is 4.98 Å². The van der Waals surface area contributed by atoms with Crippen molar-refractivity contribution in [1.29, 1.82) is 0 Å². The SMILES string of the molecule is Brc1ccc2c(-c3ccccc3)ccnc2c1. The topological polar surface area (TPSA) is 12.9 Å². The molecule has 0 saturated carbocycles. The van der Waals surface area contributed by atoms with Crippen LogP contribution in [0, 0.1) is 0 Å². The Hall–Kier alpha value is -1.67. The van der Waals surface area contributed by atoms with Gasteiger partial charge in [0.25, 0.3) is 0 Å². The number of aromatic nitrogens is 1. The second-order valence-corrected chi connectivity index (χ2v) is 4.80. The quantitative estimate of drug-likeness (QED) is 0.633. The molecule has 0 N–H and O–H groups in total. The van der Waals surface area contributed by atoms with E-state index >= 15 is 0 Å². The zero-order chi connectivity index (χ0) is 11.7. The number of fused-ring (bicyclic) bond motifs is 1. The molecule has 1 heterocycles. The first-order valence-electron chi connectivity index (χ1n) is 5.44. The first-order chi connectivity index (χ1) is 8.34. The van der Waals surface area contributed by atoms with Crippen molar-refractivity contribution in [3.63, 3.8) is 0 Å². The molecule has 0 bridgehead atoms. The van der Waals surface area contributed by atoms with E-state index in [9.17, 15) is 0 Å². The molecule has 3 rings (SSSR count). The Morgan fingerprint density at radius 3 is 2.53 bits per heavy atom. The van der Waals surface area contributed by atoms with Crippen LogP contribution in [0.5, 0.6) is 0 Å². The molecule has 17 heavy (non-hydrogen) atoms. The molecule has 0 unspecified atom stereocenters. The molecule has 0 aliphatic carbocycles. The third kappa shape index (κ3) is 1.96. The van der Waals surface area contributed by atoms with Crippen LogP contribution in [0.1, 0.15) is 0 Å². The lowest BCUT2D eigenvalue weighted by molar-refractivity contribution is 1.41. The van der Waals surface area contributed by atoms with Crippen LogP contribution in [0.15, 0.2) is 65.3 Å². The van der Waals surface area contributed by atoms with Crippen molar-refractivity contribution >= 4 is 26.8 Å². The van der Waals surface area contributed by atoms with E-state index in [1.165, 1.54) is 16.5 Å². The number of hydrogen-bond donors (Lipinski definition) is 0. The third-order valence-electron chi connectivity index (χ3n) is 2.79. The molecule has 0 amide bonds. The maximum absolute atomic E-state index is 4.40. The van der Waals surface area contributed by atoms with Gasteiger partial charge in [0.15, 0.2) is 0 Å². The van der Waals surface area contributed by atoms with Crippen molar-refractivity contribution in [2.24, 2.45) is 0 Å². The van der Waals surface area contributed by atoms with Gasteiger partial charge in [-0.1, -0.05) is 52.3 Å². The summed E-state index contributed by atoms with van der Waals surface area (Å²) in [5.41, 5.74) is 3.46. The minimum atomic E-state index is 1.01. The molecule has 0 aliphatic heterocycles. The summed E-state index contributed by atoms with van der Waals surface area (Å²) in [5.74, 6) is 0. The van der Waals surface area contributed by atoms with Gasteiger partial charge in [0.05, 0.1) is 5.52 Å². The molecule has 0 saturated heterocycles. The Kier molecular flexibility index (Phi) is 2.65. The van der Waals surface area contributed by atoms with E-state index in [2.05, 4.69) is 63.4 Å². The fraction of sp³-hybridized carbons (Fsp3) is 0. The Morgan fingerprint density at radius 2 is 1.71 bits per heavy atom. The fourth-order valence-electron chi connectivity index (χ4n) is 1.99. The van der Waals surface area contributed by atoms with Crippen LogP contribution in [0.2, 0.25) is 0 Å². The predicted molar refractivity (Wildman–Crippen MR) is 74.9 cm³/mol. The van der Waals surface area contributed by atoms with E-state index in [-0.39, 0.29) is 0 Å². The molecule has 2 heteroatoms. The number of halogens is 1. The maximum atomic E-state index is 4.40. The van der Waals surface area contributed by atoms with E-state index in [1.807, 2.05) is 18.3 Å². The standard InChI is InChI=1S/C15H10BrN/c16-12-6-7-14-13(8-9-17-15(14)10-12)11-4-2-1-3-5-11/h1-10H. The largest absolute Gasteiger partial charge is 0.256 e. The lowest BCUT2D eigenvalue weighted by Gasteiger charge is -2.06. The summed E-state index contributed by atoms with van der Waals surface area (Å²) >= 11 is 3.47. The van der Waals surface area contributed by atoms with Gasteiger partial charge in [0.1, 0.15) is 0 Å². The van der Waals surface area contributed by atoms with Gasteiger partial charge in [0, 0.05) is 16.1 Å². The summed E-state index contributed by atoms with van der Waals surface area (Å²) in [4.78, 5) is 4.40. The number of pyridine rings is 1. The zero-order valence-corrected chi connectivity index (χ0v) is 10.7. The Morgan fingerprint density at radius 1 is 0.882 bits per heavy atom. The highest BCUT2D eigenvalue weighted by molar-refractivity contribution is 9.10. The highest BCUT2D eigenvalue weighted by Crippen LogP contribution is 2.28. The van der Waals surface area contributed by atoms with Crippen molar-refractivity contribution in [2.75, 3.05) is 0 Å². The summed E-state index contributed by atoms with van der Waals surface area (Å²) in [7, 11) is 0. The minimum absolute atomic E-state index is 1.01. The molecule has 1 aromatic heterocycles. The van der Waals surface area contributed by atoms with Crippen molar-refractivity contribution in [3.05, 3.63) is 65.3 Å². The average Bonchev–Trinajstić information content (AvgIpc) is 2.39. The Bertz CT molecular complexity index is 662. The minimum Gasteiger partial charge on any atom is -0.256 e. The summed E-state index contributed by atoms with van der Waals surface area (Å²) < 4.78 is 1.06. The molecule has 2 aromatic carbocycles. The van der Waals surface area contributed by atoms with E-state index < -0.39 is 0 Å². The van der Waals surface area contributed by atoms with Gasteiger partial charge in [-0.05, 0) is 29.3 Å². The molecule has 3 aromatic rings. The van der Waals surface area contributed by atoms with Gasteiger partial charge in [-0.15, -0.1) is 0 Å². The summed E-state index contributed by atoms with van der Waals surface area (Å²) in [6, 6.07) is 18.6. The van der Waals surface area contributed by atoms with Crippen LogP contribution in [-0.2, 0) is 0 Å². The first-order valence-corrected chi connectivity index (χ1v) is 6.23. The van der Waals surface area contributed by atoms with Crippen molar-refractivity contribution in [3.8, 4) is 11.1 Å². The van der Waals surface area contributed by atoms with Gasteiger partial charge in [-0.25, -0.2) is 0 Å². The lowest BCUT2D eigenvalue weighted by Crippen LogP contribution is -1.84. The lowest BCUT2D eigenvalue weighted by atomic mass is 10.0. The fourth-order valence-corrected chi connectivity index (χ4v) is 2.34. The second kappa shape index (κ2) is 4.30. The molecule has 82 valence electrons. The molecular formula is C15H10BrN. The van der Waals surface area contributed by atoms with Crippen LogP contribution in [0.4, 0.5) is 0 Å². The summed E-state index contributed by atoms with van der Waals surface area (Å²) in [6.45, 7) is 0. The molecular weight excluding hydrogens is 274 g/mol.